The highest BCUT2D eigenvalue weighted by atomic mass is 15.2. The van der Waals surface area contributed by atoms with Crippen molar-refractivity contribution in [3.8, 4) is 0 Å². The van der Waals surface area contributed by atoms with Gasteiger partial charge in [-0.2, -0.15) is 0 Å². The molecule has 3 N–H and O–H groups in total. The topological polar surface area (TPSA) is 38.0 Å². The van der Waals surface area contributed by atoms with Crippen LogP contribution < -0.4 is 11.3 Å². The molecule has 2 heteroatoms. The lowest BCUT2D eigenvalue weighted by molar-refractivity contribution is 0.224. The number of hydrogen-bond donors (Lipinski definition) is 2. The second-order valence-electron chi connectivity index (χ2n) is 6.59. The Bertz CT molecular complexity index is 277. The quantitative estimate of drug-likeness (QED) is 0.426. The summed E-state index contributed by atoms with van der Waals surface area (Å²) in [4.78, 5) is 0. The highest BCUT2D eigenvalue weighted by Crippen LogP contribution is 2.36. The first-order valence-electron chi connectivity index (χ1n) is 8.50. The van der Waals surface area contributed by atoms with E-state index in [-0.39, 0.29) is 0 Å². The van der Waals surface area contributed by atoms with Gasteiger partial charge in [-0.1, -0.05) is 50.7 Å². The third kappa shape index (κ3) is 4.32. The molecule has 0 heterocycles. The molecule has 2 aliphatic rings. The summed E-state index contributed by atoms with van der Waals surface area (Å²) in [6.07, 6.45) is 17.5. The van der Waals surface area contributed by atoms with E-state index in [4.69, 9.17) is 5.84 Å². The van der Waals surface area contributed by atoms with E-state index in [9.17, 15) is 0 Å². The standard InChI is InChI=1S/C17H32N2/c1-2-3-7-14-10-12-16(13-11-14)17(19-18)15-8-5-4-6-9-15/h8,14,16-17,19H,2-7,9-13,18H2,1H3. The van der Waals surface area contributed by atoms with Crippen LogP contribution >= 0.6 is 0 Å². The van der Waals surface area contributed by atoms with Crippen LogP contribution in [-0.2, 0) is 0 Å². The fraction of sp³-hybridized carbons (Fsp3) is 0.882. The summed E-state index contributed by atoms with van der Waals surface area (Å²) in [5.41, 5.74) is 4.73. The molecular formula is C17H32N2. The maximum Gasteiger partial charge on any atom is 0.0447 e. The SMILES string of the molecule is CCCCC1CCC(C(NN)C2=CCCCC2)CC1. The second-order valence-corrected chi connectivity index (χ2v) is 6.59. The lowest BCUT2D eigenvalue weighted by Crippen LogP contribution is -2.43. The minimum absolute atomic E-state index is 0.465. The lowest BCUT2D eigenvalue weighted by atomic mass is 9.74. The van der Waals surface area contributed by atoms with Gasteiger partial charge in [0, 0.05) is 6.04 Å². The van der Waals surface area contributed by atoms with Gasteiger partial charge in [0.2, 0.25) is 0 Å². The summed E-state index contributed by atoms with van der Waals surface area (Å²) in [6, 6.07) is 0.465. The molecule has 0 aliphatic heterocycles. The molecule has 0 aromatic heterocycles. The fourth-order valence-corrected chi connectivity index (χ4v) is 3.99. The second kappa shape index (κ2) is 8.06. The van der Waals surface area contributed by atoms with Crippen LogP contribution in [0.1, 0.15) is 77.6 Å². The first kappa shape index (κ1) is 15.1. The smallest absolute Gasteiger partial charge is 0.0447 e. The maximum atomic E-state index is 5.86. The molecule has 1 saturated carbocycles. The van der Waals surface area contributed by atoms with Crippen LogP contribution in [0.25, 0.3) is 0 Å². The van der Waals surface area contributed by atoms with E-state index in [0.29, 0.717) is 6.04 Å². The van der Waals surface area contributed by atoms with E-state index in [2.05, 4.69) is 18.4 Å². The number of nitrogens with two attached hydrogens (primary N) is 1. The van der Waals surface area contributed by atoms with Gasteiger partial charge in [0.25, 0.3) is 0 Å². The zero-order valence-corrected chi connectivity index (χ0v) is 12.7. The summed E-state index contributed by atoms with van der Waals surface area (Å²) in [6.45, 7) is 2.30. The van der Waals surface area contributed by atoms with Crippen molar-refractivity contribution < 1.29 is 0 Å². The van der Waals surface area contributed by atoms with E-state index in [1.807, 2.05) is 0 Å². The highest BCUT2D eigenvalue weighted by Gasteiger charge is 2.29. The molecule has 19 heavy (non-hydrogen) atoms. The number of hydrogen-bond acceptors (Lipinski definition) is 2. The van der Waals surface area contributed by atoms with Gasteiger partial charge in [0.05, 0.1) is 0 Å². The highest BCUT2D eigenvalue weighted by molar-refractivity contribution is 5.14. The van der Waals surface area contributed by atoms with Crippen LogP contribution in [-0.4, -0.2) is 6.04 Å². The van der Waals surface area contributed by atoms with Gasteiger partial charge in [0.15, 0.2) is 0 Å². The molecular weight excluding hydrogens is 232 g/mol. The minimum Gasteiger partial charge on any atom is -0.271 e. The van der Waals surface area contributed by atoms with Gasteiger partial charge in [0.1, 0.15) is 0 Å². The summed E-state index contributed by atoms with van der Waals surface area (Å²) in [5, 5.41) is 0. The Morgan fingerprint density at radius 1 is 1.26 bits per heavy atom. The molecule has 2 nitrogen and oxygen atoms in total. The summed E-state index contributed by atoms with van der Waals surface area (Å²) in [7, 11) is 0. The minimum atomic E-state index is 0.465. The van der Waals surface area contributed by atoms with E-state index < -0.39 is 0 Å². The zero-order chi connectivity index (χ0) is 13.5. The first-order chi connectivity index (χ1) is 9.35. The van der Waals surface area contributed by atoms with Crippen LogP contribution in [0.4, 0.5) is 0 Å². The molecule has 2 rings (SSSR count). The van der Waals surface area contributed by atoms with E-state index in [0.717, 1.165) is 11.8 Å². The monoisotopic (exact) mass is 264 g/mol. The maximum absolute atomic E-state index is 5.86. The Labute approximate surface area is 119 Å². The van der Waals surface area contributed by atoms with E-state index >= 15 is 0 Å². The predicted molar refractivity (Wildman–Crippen MR) is 82.6 cm³/mol. The van der Waals surface area contributed by atoms with Crippen molar-refractivity contribution in [2.45, 2.75) is 83.6 Å². The van der Waals surface area contributed by atoms with Crippen molar-refractivity contribution in [2.24, 2.45) is 17.7 Å². The van der Waals surface area contributed by atoms with Crippen LogP contribution in [0.3, 0.4) is 0 Å². The molecule has 0 bridgehead atoms. The van der Waals surface area contributed by atoms with Gasteiger partial charge < -0.3 is 0 Å². The van der Waals surface area contributed by atoms with Crippen molar-refractivity contribution >= 4 is 0 Å². The van der Waals surface area contributed by atoms with Gasteiger partial charge in [-0.25, -0.2) is 0 Å². The molecule has 2 aliphatic carbocycles. The number of hydrazine groups is 1. The van der Waals surface area contributed by atoms with Crippen molar-refractivity contribution in [3.05, 3.63) is 11.6 Å². The third-order valence-corrected chi connectivity index (χ3v) is 5.23. The third-order valence-electron chi connectivity index (χ3n) is 5.23. The Morgan fingerprint density at radius 3 is 2.63 bits per heavy atom. The Morgan fingerprint density at radius 2 is 2.05 bits per heavy atom. The summed E-state index contributed by atoms with van der Waals surface area (Å²) < 4.78 is 0. The van der Waals surface area contributed by atoms with E-state index in [1.54, 1.807) is 5.57 Å². The first-order valence-corrected chi connectivity index (χ1v) is 8.50. The zero-order valence-electron chi connectivity index (χ0n) is 12.7. The molecule has 1 unspecified atom stereocenters. The Hall–Kier alpha value is -0.340. The van der Waals surface area contributed by atoms with E-state index in [1.165, 1.54) is 70.6 Å². The van der Waals surface area contributed by atoms with Crippen molar-refractivity contribution in [1.82, 2.24) is 5.43 Å². The van der Waals surface area contributed by atoms with Crippen LogP contribution in [0.5, 0.6) is 0 Å². The van der Waals surface area contributed by atoms with Crippen LogP contribution in [0.15, 0.2) is 11.6 Å². The molecule has 0 radical (unpaired) electrons. The lowest BCUT2D eigenvalue weighted by Gasteiger charge is -2.35. The largest absolute Gasteiger partial charge is 0.271 e. The number of nitrogens with one attached hydrogen (secondary N) is 1. The average molecular weight is 264 g/mol. The van der Waals surface area contributed by atoms with Gasteiger partial charge in [-0.3, -0.25) is 11.3 Å². The molecule has 0 spiro atoms. The van der Waals surface area contributed by atoms with Crippen LogP contribution in [0.2, 0.25) is 0 Å². The number of unbranched alkanes of at least 4 members (excludes halogenated alkanes) is 1. The normalized spacial score (nSPS) is 29.9. The summed E-state index contributed by atoms with van der Waals surface area (Å²) in [5.74, 6) is 7.64. The predicted octanol–water partition coefficient (Wildman–Crippen LogP) is 4.32. The van der Waals surface area contributed by atoms with Crippen LogP contribution in [0, 0.1) is 11.8 Å². The molecule has 0 aromatic rings. The molecule has 0 saturated heterocycles. The van der Waals surface area contributed by atoms with Crippen molar-refractivity contribution in [2.75, 3.05) is 0 Å². The molecule has 1 fully saturated rings. The van der Waals surface area contributed by atoms with Crippen molar-refractivity contribution in [3.63, 3.8) is 0 Å². The molecule has 0 amide bonds. The van der Waals surface area contributed by atoms with Gasteiger partial charge in [-0.05, 0) is 50.4 Å². The molecule has 0 aromatic carbocycles. The van der Waals surface area contributed by atoms with Gasteiger partial charge in [-0.15, -0.1) is 0 Å². The fourth-order valence-electron chi connectivity index (χ4n) is 3.99. The Kier molecular flexibility index (Phi) is 6.39. The molecule has 110 valence electrons. The number of rotatable bonds is 6. The average Bonchev–Trinajstić information content (AvgIpc) is 2.48. The number of allylic oxidation sites excluding steroid dienone is 1. The molecule has 1 atom stereocenters. The Balaban J connectivity index is 1.82. The van der Waals surface area contributed by atoms with Gasteiger partial charge >= 0.3 is 0 Å². The summed E-state index contributed by atoms with van der Waals surface area (Å²) >= 11 is 0. The van der Waals surface area contributed by atoms with Crippen molar-refractivity contribution in [1.29, 1.82) is 0 Å².